The predicted octanol–water partition coefficient (Wildman–Crippen LogP) is 5.51. The number of methoxy groups -OCH3 is 1. The van der Waals surface area contributed by atoms with Gasteiger partial charge < -0.3 is 9.47 Å². The molecule has 0 aliphatic rings. The zero-order valence-electron chi connectivity index (χ0n) is 17.9. The summed E-state index contributed by atoms with van der Waals surface area (Å²) in [5, 5.41) is 18.8. The van der Waals surface area contributed by atoms with Crippen LogP contribution in [-0.4, -0.2) is 28.5 Å². The van der Waals surface area contributed by atoms with Gasteiger partial charge in [-0.1, -0.05) is 23.9 Å². The Balaban J connectivity index is 1.68. The largest absolute Gasteiger partial charge is 0.497 e. The number of hydrogen-bond acceptors (Lipinski definition) is 6. The van der Waals surface area contributed by atoms with E-state index in [1.807, 2.05) is 84.3 Å². The van der Waals surface area contributed by atoms with E-state index >= 15 is 0 Å². The molecule has 0 radical (unpaired) electrons. The molecule has 7 heteroatoms. The fraction of sp³-hybridized carbons (Fsp3) is 0.160. The van der Waals surface area contributed by atoms with Crippen molar-refractivity contribution in [2.24, 2.45) is 0 Å². The van der Waals surface area contributed by atoms with Crippen LogP contribution < -0.4 is 9.47 Å². The zero-order chi connectivity index (χ0) is 22.3. The first-order chi connectivity index (χ1) is 15.7. The third-order valence-electron chi connectivity index (χ3n) is 4.84. The highest BCUT2D eigenvalue weighted by molar-refractivity contribution is 7.98. The molecule has 0 bridgehead atoms. The van der Waals surface area contributed by atoms with Crippen molar-refractivity contribution in [3.05, 3.63) is 83.9 Å². The van der Waals surface area contributed by atoms with Crippen LogP contribution in [0.1, 0.15) is 18.1 Å². The number of rotatable bonds is 8. The van der Waals surface area contributed by atoms with E-state index in [0.29, 0.717) is 17.9 Å². The molecule has 4 rings (SSSR count). The number of nitrogens with zero attached hydrogens (tertiary/aromatic N) is 4. The van der Waals surface area contributed by atoms with Crippen LogP contribution in [0.4, 0.5) is 0 Å². The van der Waals surface area contributed by atoms with Gasteiger partial charge in [0.15, 0.2) is 11.0 Å². The summed E-state index contributed by atoms with van der Waals surface area (Å²) in [6, 6.07) is 25.4. The van der Waals surface area contributed by atoms with E-state index in [9.17, 15) is 0 Å². The van der Waals surface area contributed by atoms with Crippen molar-refractivity contribution in [2.45, 2.75) is 17.8 Å². The summed E-state index contributed by atoms with van der Waals surface area (Å²) in [6.07, 6.45) is 0. The molecule has 6 nitrogen and oxygen atoms in total. The Kier molecular flexibility index (Phi) is 6.73. The van der Waals surface area contributed by atoms with Crippen LogP contribution in [0.5, 0.6) is 11.5 Å². The molecule has 0 amide bonds. The summed E-state index contributed by atoms with van der Waals surface area (Å²) in [4.78, 5) is 0. The minimum Gasteiger partial charge on any atom is -0.497 e. The fourth-order valence-corrected chi connectivity index (χ4v) is 4.11. The van der Waals surface area contributed by atoms with E-state index in [1.165, 1.54) is 0 Å². The molecule has 160 valence electrons. The molecule has 0 spiro atoms. The molecule has 32 heavy (non-hydrogen) atoms. The zero-order valence-corrected chi connectivity index (χ0v) is 18.7. The lowest BCUT2D eigenvalue weighted by Gasteiger charge is -2.12. The van der Waals surface area contributed by atoms with Crippen LogP contribution in [0, 0.1) is 11.3 Å². The summed E-state index contributed by atoms with van der Waals surface area (Å²) in [5.74, 6) is 3.07. The number of ether oxygens (including phenoxy) is 2. The average molecular weight is 443 g/mol. The van der Waals surface area contributed by atoms with Gasteiger partial charge in [-0.05, 0) is 73.2 Å². The summed E-state index contributed by atoms with van der Waals surface area (Å²) in [7, 11) is 1.65. The van der Waals surface area contributed by atoms with Crippen molar-refractivity contribution < 1.29 is 9.47 Å². The normalized spacial score (nSPS) is 10.5. The Morgan fingerprint density at radius 2 is 1.59 bits per heavy atom. The molecule has 4 aromatic rings. The summed E-state index contributed by atoms with van der Waals surface area (Å²) in [6.45, 7) is 2.59. The number of thioether (sulfide) groups is 1. The van der Waals surface area contributed by atoms with Crippen molar-refractivity contribution in [2.75, 3.05) is 13.7 Å². The topological polar surface area (TPSA) is 73.0 Å². The molecule has 0 N–H and O–H groups in total. The SMILES string of the molecule is CCOc1ccc(-n2c(SCc3ccc(C#N)cc3)nnc2-c2ccc(OC)cc2)cc1. The average Bonchev–Trinajstić information content (AvgIpc) is 3.27. The van der Waals surface area contributed by atoms with Crippen LogP contribution in [-0.2, 0) is 5.75 Å². The molecule has 1 heterocycles. The van der Waals surface area contributed by atoms with Crippen LogP contribution in [0.25, 0.3) is 17.1 Å². The van der Waals surface area contributed by atoms with Crippen molar-refractivity contribution in [3.8, 4) is 34.6 Å². The second kappa shape index (κ2) is 10.0. The van der Waals surface area contributed by atoms with Gasteiger partial charge in [0.05, 0.1) is 25.3 Å². The monoisotopic (exact) mass is 442 g/mol. The van der Waals surface area contributed by atoms with Crippen LogP contribution in [0.15, 0.2) is 78.0 Å². The lowest BCUT2D eigenvalue weighted by atomic mass is 10.2. The van der Waals surface area contributed by atoms with Gasteiger partial charge in [0.2, 0.25) is 0 Å². The standard InChI is InChI=1S/C25H22N4O2S/c1-3-31-23-14-10-21(11-15-23)29-24(20-8-12-22(30-2)13-9-20)27-28-25(29)32-17-19-6-4-18(16-26)5-7-19/h4-15H,3,17H2,1-2H3. The Bertz CT molecular complexity index is 1210. The molecule has 0 saturated heterocycles. The maximum atomic E-state index is 9.00. The van der Waals surface area contributed by atoms with E-state index in [1.54, 1.807) is 18.9 Å². The Morgan fingerprint density at radius 1 is 0.906 bits per heavy atom. The third kappa shape index (κ3) is 4.76. The molecule has 0 aliphatic carbocycles. The lowest BCUT2D eigenvalue weighted by molar-refractivity contribution is 0.340. The van der Waals surface area contributed by atoms with E-state index in [2.05, 4.69) is 16.3 Å². The first-order valence-corrected chi connectivity index (χ1v) is 11.1. The van der Waals surface area contributed by atoms with Gasteiger partial charge in [0.25, 0.3) is 0 Å². The molecule has 0 saturated carbocycles. The Hall–Kier alpha value is -3.76. The number of nitriles is 1. The van der Waals surface area contributed by atoms with Crippen molar-refractivity contribution in [3.63, 3.8) is 0 Å². The van der Waals surface area contributed by atoms with Gasteiger partial charge in [-0.15, -0.1) is 10.2 Å². The highest BCUT2D eigenvalue weighted by Gasteiger charge is 2.17. The molecule has 0 aliphatic heterocycles. The lowest BCUT2D eigenvalue weighted by Crippen LogP contribution is -2.00. The summed E-state index contributed by atoms with van der Waals surface area (Å²) >= 11 is 1.60. The van der Waals surface area contributed by atoms with Gasteiger partial charge in [-0.2, -0.15) is 5.26 Å². The van der Waals surface area contributed by atoms with Crippen molar-refractivity contribution in [1.82, 2.24) is 14.8 Å². The second-order valence-electron chi connectivity index (χ2n) is 6.89. The molecule has 3 aromatic carbocycles. The van der Waals surface area contributed by atoms with Gasteiger partial charge in [-0.3, -0.25) is 4.57 Å². The summed E-state index contributed by atoms with van der Waals surface area (Å²) in [5.41, 5.74) is 3.66. The Labute approximate surface area is 191 Å². The minimum absolute atomic E-state index is 0.620. The molecule has 0 atom stereocenters. The Morgan fingerprint density at radius 3 is 2.22 bits per heavy atom. The number of hydrogen-bond donors (Lipinski definition) is 0. The highest BCUT2D eigenvalue weighted by Crippen LogP contribution is 2.31. The van der Waals surface area contributed by atoms with Gasteiger partial charge in [0.1, 0.15) is 11.5 Å². The first-order valence-electron chi connectivity index (χ1n) is 10.2. The summed E-state index contributed by atoms with van der Waals surface area (Å²) < 4.78 is 12.9. The van der Waals surface area contributed by atoms with Crippen LogP contribution in [0.3, 0.4) is 0 Å². The highest BCUT2D eigenvalue weighted by atomic mass is 32.2. The smallest absolute Gasteiger partial charge is 0.196 e. The number of benzene rings is 3. The molecule has 0 fully saturated rings. The van der Waals surface area contributed by atoms with Crippen LogP contribution in [0.2, 0.25) is 0 Å². The maximum Gasteiger partial charge on any atom is 0.196 e. The van der Waals surface area contributed by atoms with Crippen LogP contribution >= 0.6 is 11.8 Å². The van der Waals surface area contributed by atoms with E-state index in [-0.39, 0.29) is 0 Å². The van der Waals surface area contributed by atoms with Crippen molar-refractivity contribution in [1.29, 1.82) is 5.26 Å². The molecular weight excluding hydrogens is 420 g/mol. The quantitative estimate of drug-likeness (QED) is 0.335. The third-order valence-corrected chi connectivity index (χ3v) is 5.84. The van der Waals surface area contributed by atoms with E-state index in [0.717, 1.165) is 39.3 Å². The van der Waals surface area contributed by atoms with E-state index < -0.39 is 0 Å². The maximum absolute atomic E-state index is 9.00. The molecule has 1 aromatic heterocycles. The van der Waals surface area contributed by atoms with Crippen molar-refractivity contribution >= 4 is 11.8 Å². The minimum atomic E-state index is 0.620. The fourth-order valence-electron chi connectivity index (χ4n) is 3.20. The number of aromatic nitrogens is 3. The first kappa shape index (κ1) is 21.5. The van der Waals surface area contributed by atoms with Gasteiger partial charge >= 0.3 is 0 Å². The van der Waals surface area contributed by atoms with Gasteiger partial charge in [-0.25, -0.2) is 0 Å². The van der Waals surface area contributed by atoms with Gasteiger partial charge in [0, 0.05) is 17.0 Å². The predicted molar refractivity (Wildman–Crippen MR) is 125 cm³/mol. The second-order valence-corrected chi connectivity index (χ2v) is 7.84. The molecule has 0 unspecified atom stereocenters. The van der Waals surface area contributed by atoms with E-state index in [4.69, 9.17) is 14.7 Å². The molecular formula is C25H22N4O2S.